The van der Waals surface area contributed by atoms with Crippen molar-refractivity contribution in [2.24, 2.45) is 5.41 Å². The maximum atomic E-state index is 3.43. The molecule has 3 saturated carbocycles. The molecule has 1 nitrogen and oxygen atoms in total. The van der Waals surface area contributed by atoms with Crippen molar-refractivity contribution in [3.8, 4) is 0 Å². The minimum Gasteiger partial charge on any atom is -0.314 e. The summed E-state index contributed by atoms with van der Waals surface area (Å²) in [4.78, 5) is 0. The maximum absolute atomic E-state index is 3.43. The monoisotopic (exact) mass is 125 g/mol. The van der Waals surface area contributed by atoms with E-state index in [1.54, 1.807) is 0 Å². The van der Waals surface area contributed by atoms with Crippen LogP contribution in [0.15, 0.2) is 0 Å². The highest BCUT2D eigenvalue weighted by molar-refractivity contribution is 5.13. The molecular weight excluding hydrogens is 110 g/mol. The number of hydrogen-bond acceptors (Lipinski definition) is 1. The zero-order valence-electron chi connectivity index (χ0n) is 6.33. The number of nitrogens with one attached hydrogen (secondary N) is 1. The van der Waals surface area contributed by atoms with Crippen LogP contribution in [0.3, 0.4) is 0 Å². The van der Waals surface area contributed by atoms with Crippen LogP contribution in [-0.2, 0) is 0 Å². The van der Waals surface area contributed by atoms with Crippen molar-refractivity contribution in [3.63, 3.8) is 0 Å². The molecule has 0 aromatic heterocycles. The van der Waals surface area contributed by atoms with Crippen LogP contribution in [-0.4, -0.2) is 12.6 Å². The first kappa shape index (κ1) is 5.72. The van der Waals surface area contributed by atoms with E-state index in [9.17, 15) is 0 Å². The van der Waals surface area contributed by atoms with E-state index in [0.29, 0.717) is 5.54 Å². The van der Waals surface area contributed by atoms with E-state index in [0.717, 1.165) is 5.41 Å². The molecule has 3 rings (SSSR count). The molecule has 3 fully saturated rings. The second-order valence-electron chi connectivity index (χ2n) is 4.19. The number of rotatable bonds is 1. The SMILES string of the molecule is CNC12CCC(C)(C1)C2. The van der Waals surface area contributed by atoms with Gasteiger partial charge >= 0.3 is 0 Å². The van der Waals surface area contributed by atoms with Crippen molar-refractivity contribution in [2.45, 2.75) is 38.1 Å². The van der Waals surface area contributed by atoms with Crippen molar-refractivity contribution >= 4 is 0 Å². The van der Waals surface area contributed by atoms with Gasteiger partial charge in [-0.1, -0.05) is 6.92 Å². The summed E-state index contributed by atoms with van der Waals surface area (Å²) in [7, 11) is 2.10. The molecule has 1 N–H and O–H groups in total. The lowest BCUT2D eigenvalue weighted by atomic mass is 9.66. The second kappa shape index (κ2) is 1.34. The Bertz CT molecular complexity index is 134. The molecule has 3 aliphatic carbocycles. The summed E-state index contributed by atoms with van der Waals surface area (Å²) in [6, 6.07) is 0. The fourth-order valence-electron chi connectivity index (χ4n) is 2.78. The van der Waals surface area contributed by atoms with Gasteiger partial charge in [0.15, 0.2) is 0 Å². The van der Waals surface area contributed by atoms with Crippen molar-refractivity contribution in [1.29, 1.82) is 0 Å². The Hall–Kier alpha value is -0.0400. The van der Waals surface area contributed by atoms with Crippen LogP contribution in [0.2, 0.25) is 0 Å². The van der Waals surface area contributed by atoms with E-state index in [1.165, 1.54) is 25.7 Å². The third-order valence-corrected chi connectivity index (χ3v) is 3.27. The Kier molecular flexibility index (Phi) is 0.852. The molecule has 3 aliphatic rings. The quantitative estimate of drug-likeness (QED) is 0.560. The average Bonchev–Trinajstić information content (AvgIpc) is 2.20. The molecule has 0 aliphatic heterocycles. The highest BCUT2D eigenvalue weighted by Gasteiger charge is 2.56. The fourth-order valence-corrected chi connectivity index (χ4v) is 2.78. The van der Waals surface area contributed by atoms with Crippen molar-refractivity contribution in [3.05, 3.63) is 0 Å². The molecule has 0 aromatic rings. The highest BCUT2D eigenvalue weighted by atomic mass is 15.0. The smallest absolute Gasteiger partial charge is 0.0189 e. The Morgan fingerprint density at radius 2 is 1.89 bits per heavy atom. The van der Waals surface area contributed by atoms with Crippen LogP contribution in [0.4, 0.5) is 0 Å². The van der Waals surface area contributed by atoms with Gasteiger partial charge in [0, 0.05) is 5.54 Å². The van der Waals surface area contributed by atoms with E-state index in [-0.39, 0.29) is 0 Å². The summed E-state index contributed by atoms with van der Waals surface area (Å²) in [5.74, 6) is 0. The van der Waals surface area contributed by atoms with Gasteiger partial charge in [0.2, 0.25) is 0 Å². The molecule has 52 valence electrons. The van der Waals surface area contributed by atoms with Crippen LogP contribution in [0.5, 0.6) is 0 Å². The largest absolute Gasteiger partial charge is 0.314 e. The highest BCUT2D eigenvalue weighted by Crippen LogP contribution is 2.60. The van der Waals surface area contributed by atoms with Gasteiger partial charge < -0.3 is 5.32 Å². The fraction of sp³-hybridized carbons (Fsp3) is 1.00. The first-order valence-electron chi connectivity index (χ1n) is 3.87. The van der Waals surface area contributed by atoms with E-state index >= 15 is 0 Å². The minimum atomic E-state index is 0.592. The molecule has 9 heavy (non-hydrogen) atoms. The Morgan fingerprint density at radius 1 is 1.22 bits per heavy atom. The van der Waals surface area contributed by atoms with Crippen LogP contribution < -0.4 is 5.32 Å². The molecular formula is C8H15N. The molecule has 1 heteroatoms. The summed E-state index contributed by atoms with van der Waals surface area (Å²) in [5.41, 5.74) is 1.33. The Morgan fingerprint density at radius 3 is 2.11 bits per heavy atom. The summed E-state index contributed by atoms with van der Waals surface area (Å²) in [6.45, 7) is 2.41. The van der Waals surface area contributed by atoms with Crippen LogP contribution in [0, 0.1) is 5.41 Å². The molecule has 0 unspecified atom stereocenters. The first-order chi connectivity index (χ1) is 4.18. The lowest BCUT2D eigenvalue weighted by Gasteiger charge is -2.45. The maximum Gasteiger partial charge on any atom is 0.0189 e. The van der Waals surface area contributed by atoms with Gasteiger partial charge in [0.25, 0.3) is 0 Å². The summed E-state index contributed by atoms with van der Waals surface area (Å²) in [6.07, 6.45) is 5.72. The third-order valence-electron chi connectivity index (χ3n) is 3.27. The van der Waals surface area contributed by atoms with Gasteiger partial charge in [-0.3, -0.25) is 0 Å². The lowest BCUT2D eigenvalue weighted by Crippen LogP contribution is -2.50. The van der Waals surface area contributed by atoms with Crippen molar-refractivity contribution in [1.82, 2.24) is 5.32 Å². The van der Waals surface area contributed by atoms with Gasteiger partial charge in [-0.15, -0.1) is 0 Å². The molecule has 0 aromatic carbocycles. The second-order valence-corrected chi connectivity index (χ2v) is 4.19. The third kappa shape index (κ3) is 0.586. The molecule has 0 saturated heterocycles. The molecule has 0 heterocycles. The van der Waals surface area contributed by atoms with E-state index in [1.807, 2.05) is 0 Å². The summed E-state index contributed by atoms with van der Waals surface area (Å²) >= 11 is 0. The standard InChI is InChI=1S/C8H15N/c1-7-3-4-8(5-7,6-7)9-2/h9H,3-6H2,1-2H3. The Labute approximate surface area is 56.8 Å². The van der Waals surface area contributed by atoms with Crippen LogP contribution >= 0.6 is 0 Å². The molecule has 0 amide bonds. The van der Waals surface area contributed by atoms with Crippen molar-refractivity contribution < 1.29 is 0 Å². The van der Waals surface area contributed by atoms with Gasteiger partial charge in [0.05, 0.1) is 0 Å². The average molecular weight is 125 g/mol. The lowest BCUT2D eigenvalue weighted by molar-refractivity contribution is 0.110. The van der Waals surface area contributed by atoms with Gasteiger partial charge in [-0.2, -0.15) is 0 Å². The van der Waals surface area contributed by atoms with E-state index in [4.69, 9.17) is 0 Å². The predicted molar refractivity (Wildman–Crippen MR) is 38.4 cm³/mol. The molecule has 0 spiro atoms. The van der Waals surface area contributed by atoms with Crippen LogP contribution in [0.1, 0.15) is 32.6 Å². The molecule has 2 bridgehead atoms. The predicted octanol–water partition coefficient (Wildman–Crippen LogP) is 1.54. The summed E-state index contributed by atoms with van der Waals surface area (Å²) in [5, 5.41) is 3.43. The number of fused-ring (bicyclic) bond motifs is 1. The molecule has 0 radical (unpaired) electrons. The zero-order valence-corrected chi connectivity index (χ0v) is 6.33. The van der Waals surface area contributed by atoms with E-state index in [2.05, 4.69) is 19.3 Å². The van der Waals surface area contributed by atoms with Gasteiger partial charge in [-0.25, -0.2) is 0 Å². The van der Waals surface area contributed by atoms with Crippen molar-refractivity contribution in [2.75, 3.05) is 7.05 Å². The normalized spacial score (nSPS) is 55.3. The first-order valence-corrected chi connectivity index (χ1v) is 3.87. The molecule has 0 atom stereocenters. The zero-order chi connectivity index (χ0) is 6.54. The van der Waals surface area contributed by atoms with E-state index < -0.39 is 0 Å². The van der Waals surface area contributed by atoms with Gasteiger partial charge in [0.1, 0.15) is 0 Å². The van der Waals surface area contributed by atoms with Gasteiger partial charge in [-0.05, 0) is 38.1 Å². The topological polar surface area (TPSA) is 12.0 Å². The summed E-state index contributed by atoms with van der Waals surface area (Å²) < 4.78 is 0. The Balaban J connectivity index is 2.12. The van der Waals surface area contributed by atoms with Crippen LogP contribution in [0.25, 0.3) is 0 Å². The number of hydrogen-bond donors (Lipinski definition) is 1. The minimum absolute atomic E-state index is 0.592.